The van der Waals surface area contributed by atoms with E-state index in [0.717, 1.165) is 18.2 Å². The molecule has 14 heavy (non-hydrogen) atoms. The van der Waals surface area contributed by atoms with Gasteiger partial charge in [-0.3, -0.25) is 19.9 Å². The summed E-state index contributed by atoms with van der Waals surface area (Å²) in [5.41, 5.74) is 5.16. The third-order valence-corrected chi connectivity index (χ3v) is 2.83. The smallest absolute Gasteiger partial charge is 0.243 e. The van der Waals surface area contributed by atoms with E-state index in [1.807, 2.05) is 6.92 Å². The van der Waals surface area contributed by atoms with Gasteiger partial charge in [-0.2, -0.15) is 0 Å². The van der Waals surface area contributed by atoms with Crippen molar-refractivity contribution in [1.29, 1.82) is 5.41 Å². The molecule has 1 saturated heterocycles. The average molecular weight is 215 g/mol. The first-order valence-corrected chi connectivity index (χ1v) is 5.29. The third kappa shape index (κ3) is 2.25. The highest BCUT2D eigenvalue weighted by Crippen LogP contribution is 2.24. The van der Waals surface area contributed by atoms with Crippen LogP contribution in [0.1, 0.15) is 19.8 Å². The molecule has 2 amide bonds. The maximum absolute atomic E-state index is 11.6. The van der Waals surface area contributed by atoms with Crippen LogP contribution in [-0.4, -0.2) is 33.7 Å². The van der Waals surface area contributed by atoms with Crippen LogP contribution in [-0.2, 0) is 9.59 Å². The molecule has 5 nitrogen and oxygen atoms in total. The first kappa shape index (κ1) is 11.0. The first-order chi connectivity index (χ1) is 6.56. The van der Waals surface area contributed by atoms with Crippen molar-refractivity contribution in [3.8, 4) is 0 Å². The lowest BCUT2D eigenvalue weighted by Gasteiger charge is -2.12. The number of rotatable bonds is 3. The summed E-state index contributed by atoms with van der Waals surface area (Å²) in [4.78, 5) is 24.2. The molecule has 3 N–H and O–H groups in total. The van der Waals surface area contributed by atoms with Crippen LogP contribution in [0, 0.1) is 5.41 Å². The molecular weight excluding hydrogens is 202 g/mol. The fourth-order valence-corrected chi connectivity index (χ4v) is 2.12. The summed E-state index contributed by atoms with van der Waals surface area (Å²) < 4.78 is 0. The van der Waals surface area contributed by atoms with E-state index in [2.05, 4.69) is 0 Å². The SMILES string of the molecule is CCCN1C(=O)CC(SC(=N)N)C1=O. The number of nitrogens with two attached hydrogens (primary N) is 1. The van der Waals surface area contributed by atoms with Crippen LogP contribution in [0.25, 0.3) is 0 Å². The van der Waals surface area contributed by atoms with Crippen molar-refractivity contribution in [2.45, 2.75) is 25.0 Å². The molecule has 0 spiro atoms. The van der Waals surface area contributed by atoms with Gasteiger partial charge in [-0.1, -0.05) is 18.7 Å². The summed E-state index contributed by atoms with van der Waals surface area (Å²) in [6.45, 7) is 2.37. The zero-order valence-electron chi connectivity index (χ0n) is 7.95. The van der Waals surface area contributed by atoms with E-state index in [1.54, 1.807) is 0 Å². The molecule has 0 bridgehead atoms. The molecule has 0 aromatic heterocycles. The van der Waals surface area contributed by atoms with Crippen molar-refractivity contribution in [3.63, 3.8) is 0 Å². The van der Waals surface area contributed by atoms with Gasteiger partial charge in [0.1, 0.15) is 5.25 Å². The molecule has 78 valence electrons. The molecule has 0 aliphatic carbocycles. The van der Waals surface area contributed by atoms with Crippen LogP contribution >= 0.6 is 11.8 Å². The topological polar surface area (TPSA) is 87.2 Å². The Morgan fingerprint density at radius 3 is 2.86 bits per heavy atom. The van der Waals surface area contributed by atoms with Crippen molar-refractivity contribution >= 4 is 28.7 Å². The first-order valence-electron chi connectivity index (χ1n) is 4.41. The Balaban J connectivity index is 2.64. The number of hydrogen-bond acceptors (Lipinski definition) is 4. The lowest BCUT2D eigenvalue weighted by molar-refractivity contribution is -0.138. The van der Waals surface area contributed by atoms with Crippen molar-refractivity contribution in [2.75, 3.05) is 6.54 Å². The quantitative estimate of drug-likeness (QED) is 0.398. The average Bonchev–Trinajstić information content (AvgIpc) is 2.32. The molecule has 1 unspecified atom stereocenters. The lowest BCUT2D eigenvalue weighted by Crippen LogP contribution is -2.32. The largest absolute Gasteiger partial charge is 0.379 e. The van der Waals surface area contributed by atoms with E-state index >= 15 is 0 Å². The molecule has 1 fully saturated rings. The fraction of sp³-hybridized carbons (Fsp3) is 0.625. The Labute approximate surface area is 86.5 Å². The molecule has 0 aromatic carbocycles. The van der Waals surface area contributed by atoms with E-state index in [-0.39, 0.29) is 23.4 Å². The fourth-order valence-electron chi connectivity index (χ4n) is 1.36. The number of nitrogens with zero attached hydrogens (tertiary/aromatic N) is 1. The van der Waals surface area contributed by atoms with Gasteiger partial charge in [-0.25, -0.2) is 0 Å². The standard InChI is InChI=1S/C8H13N3O2S/c1-2-3-11-6(12)4-5(7(11)13)14-8(9)10/h5H,2-4H2,1H3,(H3,9,10). The van der Waals surface area contributed by atoms with Gasteiger partial charge in [0.2, 0.25) is 11.8 Å². The predicted octanol–water partition coefficient (Wildman–Crippen LogP) is 0.151. The van der Waals surface area contributed by atoms with Gasteiger partial charge in [-0.05, 0) is 6.42 Å². The van der Waals surface area contributed by atoms with E-state index in [0.29, 0.717) is 6.54 Å². The van der Waals surface area contributed by atoms with Crippen LogP contribution in [0.4, 0.5) is 0 Å². The van der Waals surface area contributed by atoms with Crippen molar-refractivity contribution in [3.05, 3.63) is 0 Å². The molecule has 6 heteroatoms. The second-order valence-corrected chi connectivity index (χ2v) is 4.30. The van der Waals surface area contributed by atoms with Gasteiger partial charge < -0.3 is 5.73 Å². The molecule has 1 aliphatic heterocycles. The van der Waals surface area contributed by atoms with Crippen molar-refractivity contribution < 1.29 is 9.59 Å². The Hall–Kier alpha value is -1.04. The Kier molecular flexibility index (Phi) is 3.51. The predicted molar refractivity (Wildman–Crippen MR) is 54.9 cm³/mol. The normalized spacial score (nSPS) is 21.8. The zero-order chi connectivity index (χ0) is 10.7. The van der Waals surface area contributed by atoms with Gasteiger partial charge in [0, 0.05) is 13.0 Å². The summed E-state index contributed by atoms with van der Waals surface area (Å²) in [6, 6.07) is 0. The minimum Gasteiger partial charge on any atom is -0.379 e. The number of nitrogens with one attached hydrogen (secondary N) is 1. The van der Waals surface area contributed by atoms with Gasteiger partial charge in [-0.15, -0.1) is 0 Å². The number of amides is 2. The van der Waals surface area contributed by atoms with Gasteiger partial charge in [0.15, 0.2) is 5.17 Å². The molecule has 1 atom stereocenters. The van der Waals surface area contributed by atoms with Crippen LogP contribution in [0.3, 0.4) is 0 Å². The minimum atomic E-state index is -0.480. The van der Waals surface area contributed by atoms with E-state index < -0.39 is 5.25 Å². The number of carbonyl (C=O) groups excluding carboxylic acids is 2. The summed E-state index contributed by atoms with van der Waals surface area (Å²) in [7, 11) is 0. The Morgan fingerprint density at radius 2 is 2.36 bits per heavy atom. The number of amidine groups is 1. The Bertz CT molecular complexity index is 280. The highest BCUT2D eigenvalue weighted by molar-refractivity contribution is 8.14. The van der Waals surface area contributed by atoms with Crippen LogP contribution < -0.4 is 5.73 Å². The van der Waals surface area contributed by atoms with Gasteiger partial charge in [0.05, 0.1) is 0 Å². The molecule has 0 saturated carbocycles. The third-order valence-electron chi connectivity index (χ3n) is 1.92. The molecule has 0 radical (unpaired) electrons. The lowest BCUT2D eigenvalue weighted by atomic mass is 10.4. The summed E-state index contributed by atoms with van der Waals surface area (Å²) in [6.07, 6.45) is 0.929. The molecular formula is C8H13N3O2S. The maximum atomic E-state index is 11.6. The van der Waals surface area contributed by atoms with Crippen LogP contribution in [0.2, 0.25) is 0 Å². The highest BCUT2D eigenvalue weighted by atomic mass is 32.2. The number of carbonyl (C=O) groups is 2. The highest BCUT2D eigenvalue weighted by Gasteiger charge is 2.38. The summed E-state index contributed by atoms with van der Waals surface area (Å²) >= 11 is 0.953. The monoisotopic (exact) mass is 215 g/mol. The van der Waals surface area contributed by atoms with Crippen LogP contribution in [0.15, 0.2) is 0 Å². The summed E-state index contributed by atoms with van der Waals surface area (Å²) in [5.74, 6) is -0.368. The van der Waals surface area contributed by atoms with E-state index in [1.165, 1.54) is 4.90 Å². The molecule has 1 aliphatic rings. The maximum Gasteiger partial charge on any atom is 0.243 e. The Morgan fingerprint density at radius 1 is 1.71 bits per heavy atom. The van der Waals surface area contributed by atoms with Gasteiger partial charge >= 0.3 is 0 Å². The van der Waals surface area contributed by atoms with Crippen molar-refractivity contribution in [2.24, 2.45) is 5.73 Å². The second kappa shape index (κ2) is 4.45. The zero-order valence-corrected chi connectivity index (χ0v) is 8.76. The van der Waals surface area contributed by atoms with Crippen LogP contribution in [0.5, 0.6) is 0 Å². The molecule has 1 rings (SSSR count). The molecule has 0 aromatic rings. The summed E-state index contributed by atoms with van der Waals surface area (Å²) in [5, 5.41) is 6.45. The van der Waals surface area contributed by atoms with E-state index in [4.69, 9.17) is 11.1 Å². The number of imide groups is 1. The number of hydrogen-bond donors (Lipinski definition) is 2. The molecule has 1 heterocycles. The second-order valence-electron chi connectivity index (χ2n) is 3.06. The number of likely N-dealkylation sites (tertiary alicyclic amines) is 1. The number of thioether (sulfide) groups is 1. The van der Waals surface area contributed by atoms with E-state index in [9.17, 15) is 9.59 Å². The minimum absolute atomic E-state index is 0.116. The van der Waals surface area contributed by atoms with Gasteiger partial charge in [0.25, 0.3) is 0 Å². The van der Waals surface area contributed by atoms with Crippen molar-refractivity contribution in [1.82, 2.24) is 4.90 Å².